The van der Waals surface area contributed by atoms with E-state index in [2.05, 4.69) is 15.0 Å². The summed E-state index contributed by atoms with van der Waals surface area (Å²) in [5.41, 5.74) is 3.11. The summed E-state index contributed by atoms with van der Waals surface area (Å²) in [5, 5.41) is 23.7. The number of aliphatic hydroxyl groups excluding tert-OH is 1. The smallest absolute Gasteiger partial charge is 0.307 e. The number of benzene rings is 2. The van der Waals surface area contributed by atoms with Crippen molar-refractivity contribution in [2.24, 2.45) is 0 Å². The van der Waals surface area contributed by atoms with Gasteiger partial charge in [-0.3, -0.25) is 9.52 Å². The molecule has 1 heterocycles. The Kier molecular flexibility index (Phi) is 7.85. The molecule has 178 valence electrons. The number of aryl methyl sites for hydroxylation is 1. The molecular formula is C22H26ClN3O6S. The number of carboxylic acids is 1. The van der Waals surface area contributed by atoms with E-state index in [-0.39, 0.29) is 23.7 Å². The van der Waals surface area contributed by atoms with E-state index in [0.29, 0.717) is 24.5 Å². The lowest BCUT2D eigenvalue weighted by Gasteiger charge is -2.15. The molecular weight excluding hydrogens is 470 g/mol. The molecule has 9 nitrogen and oxygen atoms in total. The van der Waals surface area contributed by atoms with Crippen LogP contribution >= 0.6 is 11.6 Å². The molecule has 1 aromatic heterocycles. The molecule has 1 atom stereocenters. The van der Waals surface area contributed by atoms with Gasteiger partial charge in [0.1, 0.15) is 12.4 Å². The van der Waals surface area contributed by atoms with Gasteiger partial charge in [0.25, 0.3) is 0 Å². The van der Waals surface area contributed by atoms with Crippen molar-refractivity contribution in [1.29, 1.82) is 0 Å². The Hall–Kier alpha value is -2.79. The highest BCUT2D eigenvalue weighted by molar-refractivity contribution is 7.92. The summed E-state index contributed by atoms with van der Waals surface area (Å²) in [5.74, 6) is -0.240. The van der Waals surface area contributed by atoms with Crippen LogP contribution in [0.1, 0.15) is 22.9 Å². The normalized spacial score (nSPS) is 12.6. The van der Waals surface area contributed by atoms with Gasteiger partial charge in [0, 0.05) is 35.8 Å². The van der Waals surface area contributed by atoms with Gasteiger partial charge in [0.15, 0.2) is 0 Å². The third-order valence-electron chi connectivity index (χ3n) is 4.97. The van der Waals surface area contributed by atoms with Gasteiger partial charge in [-0.05, 0) is 42.3 Å². The summed E-state index contributed by atoms with van der Waals surface area (Å²) in [4.78, 5) is 14.2. The Morgan fingerprint density at radius 2 is 2.00 bits per heavy atom. The molecule has 0 spiro atoms. The summed E-state index contributed by atoms with van der Waals surface area (Å²) >= 11 is 6.01. The van der Waals surface area contributed by atoms with Crippen LogP contribution in [0.5, 0.6) is 5.75 Å². The van der Waals surface area contributed by atoms with E-state index in [1.54, 1.807) is 12.1 Å². The minimum absolute atomic E-state index is 0.0439. The number of H-pyrrole nitrogens is 1. The van der Waals surface area contributed by atoms with Crippen LogP contribution in [0.2, 0.25) is 5.02 Å². The van der Waals surface area contributed by atoms with Crippen LogP contribution in [-0.2, 0) is 21.2 Å². The van der Waals surface area contributed by atoms with Crippen molar-refractivity contribution >= 4 is 44.2 Å². The van der Waals surface area contributed by atoms with Crippen molar-refractivity contribution in [3.05, 3.63) is 58.2 Å². The molecule has 3 aromatic rings. The number of halogens is 1. The average Bonchev–Trinajstić information content (AvgIpc) is 3.02. The van der Waals surface area contributed by atoms with E-state index < -0.39 is 22.1 Å². The Morgan fingerprint density at radius 3 is 2.70 bits per heavy atom. The van der Waals surface area contributed by atoms with Crippen molar-refractivity contribution in [2.75, 3.05) is 30.7 Å². The molecule has 0 aliphatic carbocycles. The monoisotopic (exact) mass is 495 g/mol. The lowest BCUT2D eigenvalue weighted by Crippen LogP contribution is -2.26. The van der Waals surface area contributed by atoms with E-state index in [9.17, 15) is 18.3 Å². The molecule has 0 bridgehead atoms. The molecule has 0 aliphatic heterocycles. The van der Waals surface area contributed by atoms with Crippen molar-refractivity contribution in [3.8, 4) is 5.75 Å². The van der Waals surface area contributed by atoms with Gasteiger partial charge >= 0.3 is 5.97 Å². The number of rotatable bonds is 11. The number of sulfonamides is 1. The molecule has 3 rings (SSSR count). The first-order valence-corrected chi connectivity index (χ1v) is 12.4. The number of ether oxygens (including phenoxy) is 1. The van der Waals surface area contributed by atoms with Crippen LogP contribution in [-0.4, -0.2) is 55.5 Å². The zero-order valence-corrected chi connectivity index (χ0v) is 19.8. The quantitative estimate of drug-likeness (QED) is 0.257. The molecule has 0 amide bonds. The van der Waals surface area contributed by atoms with Crippen LogP contribution in [0, 0.1) is 6.92 Å². The molecule has 0 aliphatic rings. The number of carbonyl (C=O) groups is 1. The lowest BCUT2D eigenvalue weighted by molar-refractivity contribution is -0.136. The SMILES string of the molecule is Cc1[nH]c2cc(OCCNC[C@H](O)c3ccc(Cl)c(NS(C)(=O)=O)c3)ccc2c1CC(=O)O. The van der Waals surface area contributed by atoms with Gasteiger partial charge in [-0.1, -0.05) is 17.7 Å². The second kappa shape index (κ2) is 10.4. The van der Waals surface area contributed by atoms with Gasteiger partial charge < -0.3 is 25.3 Å². The number of aliphatic hydroxyl groups is 1. The first kappa shape index (κ1) is 24.8. The van der Waals surface area contributed by atoms with E-state index in [4.69, 9.17) is 21.4 Å². The Morgan fingerprint density at radius 1 is 1.24 bits per heavy atom. The van der Waals surface area contributed by atoms with Crippen LogP contribution in [0.4, 0.5) is 5.69 Å². The first-order chi connectivity index (χ1) is 15.5. The number of nitrogens with one attached hydrogen (secondary N) is 3. The van der Waals surface area contributed by atoms with Crippen LogP contribution in [0.15, 0.2) is 36.4 Å². The topological polar surface area (TPSA) is 141 Å². The minimum atomic E-state index is -3.49. The fourth-order valence-corrected chi connectivity index (χ4v) is 4.25. The van der Waals surface area contributed by atoms with E-state index >= 15 is 0 Å². The number of hydrogen-bond acceptors (Lipinski definition) is 6. The summed E-state index contributed by atoms with van der Waals surface area (Å²) in [7, 11) is -3.49. The van der Waals surface area contributed by atoms with Gasteiger partial charge in [-0.15, -0.1) is 0 Å². The van der Waals surface area contributed by atoms with Gasteiger partial charge in [0.05, 0.1) is 29.5 Å². The molecule has 0 saturated carbocycles. The first-order valence-electron chi connectivity index (χ1n) is 10.2. The van der Waals surface area contributed by atoms with Crippen molar-refractivity contribution < 1.29 is 28.2 Å². The van der Waals surface area contributed by atoms with Crippen LogP contribution in [0.25, 0.3) is 10.9 Å². The van der Waals surface area contributed by atoms with E-state index in [1.807, 2.05) is 19.1 Å². The van der Waals surface area contributed by atoms with E-state index in [1.165, 1.54) is 12.1 Å². The number of fused-ring (bicyclic) bond motifs is 1. The Bertz CT molecular complexity index is 1260. The Balaban J connectivity index is 1.51. The molecule has 33 heavy (non-hydrogen) atoms. The molecule has 0 radical (unpaired) electrons. The number of anilines is 1. The number of hydrogen-bond donors (Lipinski definition) is 5. The maximum atomic E-state index is 11.4. The van der Waals surface area contributed by atoms with Crippen LogP contribution < -0.4 is 14.8 Å². The highest BCUT2D eigenvalue weighted by atomic mass is 35.5. The van der Waals surface area contributed by atoms with Gasteiger partial charge in [0.2, 0.25) is 10.0 Å². The van der Waals surface area contributed by atoms with E-state index in [0.717, 1.165) is 28.4 Å². The minimum Gasteiger partial charge on any atom is -0.492 e. The van der Waals surface area contributed by atoms with Crippen molar-refractivity contribution in [3.63, 3.8) is 0 Å². The van der Waals surface area contributed by atoms with Crippen molar-refractivity contribution in [2.45, 2.75) is 19.4 Å². The standard InChI is InChI=1S/C22H26ClN3O6S/c1-13-17(11-22(28)29)16-5-4-15(10-19(16)25-13)32-8-7-24-12-21(27)14-3-6-18(23)20(9-14)26-33(2,30)31/h3-6,9-10,21,24-27H,7-8,11-12H2,1-2H3,(H,28,29)/t21-/m0/s1. The molecule has 0 saturated heterocycles. The summed E-state index contributed by atoms with van der Waals surface area (Å²) in [6.07, 6.45) is 0.114. The second-order valence-electron chi connectivity index (χ2n) is 7.69. The fraction of sp³-hybridized carbons (Fsp3) is 0.318. The summed E-state index contributed by atoms with van der Waals surface area (Å²) in [6.45, 7) is 2.89. The summed E-state index contributed by atoms with van der Waals surface area (Å²) in [6, 6.07) is 10.1. The molecule has 2 aromatic carbocycles. The molecule has 0 fully saturated rings. The van der Waals surface area contributed by atoms with Gasteiger partial charge in [-0.2, -0.15) is 0 Å². The third-order valence-corrected chi connectivity index (χ3v) is 5.90. The van der Waals surface area contributed by atoms with Crippen LogP contribution in [0.3, 0.4) is 0 Å². The predicted molar refractivity (Wildman–Crippen MR) is 128 cm³/mol. The predicted octanol–water partition coefficient (Wildman–Crippen LogP) is 2.83. The second-order valence-corrected chi connectivity index (χ2v) is 9.84. The zero-order valence-electron chi connectivity index (χ0n) is 18.2. The summed E-state index contributed by atoms with van der Waals surface area (Å²) < 4.78 is 31.0. The fourth-order valence-electron chi connectivity index (χ4n) is 3.46. The highest BCUT2D eigenvalue weighted by Gasteiger charge is 2.14. The lowest BCUT2D eigenvalue weighted by atomic mass is 10.1. The molecule has 5 N–H and O–H groups in total. The number of carboxylic acid groups (broad SMARTS) is 1. The molecule has 0 unspecified atom stereocenters. The van der Waals surface area contributed by atoms with Crippen molar-refractivity contribution in [1.82, 2.24) is 10.3 Å². The Labute approximate surface area is 196 Å². The maximum Gasteiger partial charge on any atom is 0.307 e. The maximum absolute atomic E-state index is 11.4. The third kappa shape index (κ3) is 6.84. The van der Waals surface area contributed by atoms with Gasteiger partial charge in [-0.25, -0.2) is 8.42 Å². The number of aliphatic carboxylic acids is 1. The number of aromatic nitrogens is 1. The largest absolute Gasteiger partial charge is 0.492 e. The highest BCUT2D eigenvalue weighted by Crippen LogP contribution is 2.27. The molecule has 11 heteroatoms. The average molecular weight is 496 g/mol. The number of aromatic amines is 1. The zero-order chi connectivity index (χ0) is 24.2.